The van der Waals surface area contributed by atoms with Crippen LogP contribution in [-0.2, 0) is 22.4 Å². The quantitative estimate of drug-likeness (QED) is 0.798. The van der Waals surface area contributed by atoms with Crippen molar-refractivity contribution in [2.75, 3.05) is 20.2 Å². The molecule has 0 aromatic heterocycles. The molecule has 0 amide bonds. The third-order valence-electron chi connectivity index (χ3n) is 2.98. The van der Waals surface area contributed by atoms with E-state index in [1.54, 1.807) is 0 Å². The molecule has 0 bridgehead atoms. The molecule has 0 unspecified atom stereocenters. The van der Waals surface area contributed by atoms with Gasteiger partial charge in [-0.15, -0.1) is 0 Å². The van der Waals surface area contributed by atoms with Gasteiger partial charge in [-0.1, -0.05) is 24.3 Å². The molecule has 18 heavy (non-hydrogen) atoms. The fourth-order valence-corrected chi connectivity index (χ4v) is 1.93. The van der Waals surface area contributed by atoms with E-state index < -0.39 is 0 Å². The van der Waals surface area contributed by atoms with Gasteiger partial charge >= 0.3 is 5.97 Å². The molecule has 4 nitrogen and oxygen atoms in total. The summed E-state index contributed by atoms with van der Waals surface area (Å²) in [6, 6.07) is 8.31. The summed E-state index contributed by atoms with van der Waals surface area (Å²) in [5, 5.41) is 3.26. The van der Waals surface area contributed by atoms with Crippen LogP contribution in [0.15, 0.2) is 29.3 Å². The van der Waals surface area contributed by atoms with E-state index in [0.717, 1.165) is 37.3 Å². The van der Waals surface area contributed by atoms with E-state index in [9.17, 15) is 4.79 Å². The van der Waals surface area contributed by atoms with E-state index in [0.29, 0.717) is 6.42 Å². The first-order valence-electron chi connectivity index (χ1n) is 6.20. The standard InChI is InChI=1S/C14H18N2O2/c1-18-14(17)7-6-11-2-4-12(5-3-11)10-13-15-8-9-16-13/h2-5H,6-10H2,1H3,(H,15,16). The number of carbonyl (C=O) groups is 1. The Hall–Kier alpha value is -1.84. The number of ether oxygens (including phenoxy) is 1. The van der Waals surface area contributed by atoms with Crippen molar-refractivity contribution in [3.05, 3.63) is 35.4 Å². The molecule has 2 rings (SSSR count). The Morgan fingerprint density at radius 2 is 2.06 bits per heavy atom. The summed E-state index contributed by atoms with van der Waals surface area (Å²) >= 11 is 0. The van der Waals surface area contributed by atoms with Gasteiger partial charge in [0.15, 0.2) is 0 Å². The number of rotatable bonds is 5. The van der Waals surface area contributed by atoms with Gasteiger partial charge in [0.1, 0.15) is 5.84 Å². The third-order valence-corrected chi connectivity index (χ3v) is 2.98. The van der Waals surface area contributed by atoms with E-state index in [1.165, 1.54) is 12.7 Å². The maximum absolute atomic E-state index is 11.0. The van der Waals surface area contributed by atoms with E-state index in [2.05, 4.69) is 39.3 Å². The van der Waals surface area contributed by atoms with Crippen molar-refractivity contribution < 1.29 is 9.53 Å². The van der Waals surface area contributed by atoms with Crippen LogP contribution in [0.5, 0.6) is 0 Å². The molecule has 0 saturated carbocycles. The zero-order valence-electron chi connectivity index (χ0n) is 10.6. The summed E-state index contributed by atoms with van der Waals surface area (Å²) in [6.07, 6.45) is 2.02. The van der Waals surface area contributed by atoms with Crippen molar-refractivity contribution in [3.63, 3.8) is 0 Å². The molecule has 1 aromatic carbocycles. The number of benzene rings is 1. The Morgan fingerprint density at radius 1 is 1.33 bits per heavy atom. The molecule has 1 aliphatic heterocycles. The maximum Gasteiger partial charge on any atom is 0.305 e. The number of carbonyl (C=O) groups excluding carboxylic acids is 1. The monoisotopic (exact) mass is 246 g/mol. The highest BCUT2D eigenvalue weighted by Gasteiger charge is 2.06. The minimum atomic E-state index is -0.163. The van der Waals surface area contributed by atoms with Crippen molar-refractivity contribution in [1.82, 2.24) is 5.32 Å². The minimum Gasteiger partial charge on any atom is -0.469 e. The lowest BCUT2D eigenvalue weighted by molar-refractivity contribution is -0.140. The van der Waals surface area contributed by atoms with Crippen LogP contribution in [-0.4, -0.2) is 32.0 Å². The maximum atomic E-state index is 11.0. The van der Waals surface area contributed by atoms with Crippen LogP contribution < -0.4 is 5.32 Å². The Labute approximate surface area is 107 Å². The molecule has 4 heteroatoms. The number of nitrogens with one attached hydrogen (secondary N) is 1. The number of hydrogen-bond acceptors (Lipinski definition) is 4. The smallest absolute Gasteiger partial charge is 0.305 e. The van der Waals surface area contributed by atoms with Gasteiger partial charge in [-0.25, -0.2) is 0 Å². The molecule has 0 aliphatic carbocycles. The summed E-state index contributed by atoms with van der Waals surface area (Å²) in [5.41, 5.74) is 2.40. The first kappa shape index (κ1) is 12.6. The second kappa shape index (κ2) is 6.19. The minimum absolute atomic E-state index is 0.163. The first-order chi connectivity index (χ1) is 8.78. The summed E-state index contributed by atoms with van der Waals surface area (Å²) < 4.78 is 4.62. The van der Waals surface area contributed by atoms with E-state index in [1.807, 2.05) is 0 Å². The predicted molar refractivity (Wildman–Crippen MR) is 70.8 cm³/mol. The molecule has 96 valence electrons. The van der Waals surface area contributed by atoms with E-state index >= 15 is 0 Å². The summed E-state index contributed by atoms with van der Waals surface area (Å²) in [7, 11) is 1.42. The van der Waals surface area contributed by atoms with Gasteiger partial charge in [0.2, 0.25) is 0 Å². The van der Waals surface area contributed by atoms with Crippen molar-refractivity contribution in [3.8, 4) is 0 Å². The SMILES string of the molecule is COC(=O)CCc1ccc(CC2=NCCN2)cc1. The number of hydrogen-bond donors (Lipinski definition) is 1. The van der Waals surface area contributed by atoms with E-state index in [4.69, 9.17) is 0 Å². The number of aryl methyl sites for hydroxylation is 1. The van der Waals surface area contributed by atoms with Crippen molar-refractivity contribution in [2.45, 2.75) is 19.3 Å². The Morgan fingerprint density at radius 3 is 2.67 bits per heavy atom. The molecule has 0 saturated heterocycles. The molecule has 1 N–H and O–H groups in total. The number of methoxy groups -OCH3 is 1. The lowest BCUT2D eigenvalue weighted by atomic mass is 10.1. The number of nitrogens with zero attached hydrogens (tertiary/aromatic N) is 1. The van der Waals surface area contributed by atoms with E-state index in [-0.39, 0.29) is 5.97 Å². The highest BCUT2D eigenvalue weighted by molar-refractivity contribution is 5.85. The molecule has 0 spiro atoms. The number of aliphatic imine (C=N–C) groups is 1. The fraction of sp³-hybridized carbons (Fsp3) is 0.429. The van der Waals surface area contributed by atoms with Crippen molar-refractivity contribution in [2.24, 2.45) is 4.99 Å². The second-order valence-corrected chi connectivity index (χ2v) is 4.32. The normalized spacial score (nSPS) is 13.9. The molecule has 1 aromatic rings. The molecule has 0 radical (unpaired) electrons. The molecule has 1 heterocycles. The van der Waals surface area contributed by atoms with Crippen molar-refractivity contribution in [1.29, 1.82) is 0 Å². The Kier molecular flexibility index (Phi) is 4.34. The third kappa shape index (κ3) is 3.58. The summed E-state index contributed by atoms with van der Waals surface area (Å²) in [6.45, 7) is 1.83. The number of esters is 1. The lowest BCUT2D eigenvalue weighted by Gasteiger charge is -2.05. The van der Waals surface area contributed by atoms with Crippen LogP contribution in [0.25, 0.3) is 0 Å². The fourth-order valence-electron chi connectivity index (χ4n) is 1.93. The van der Waals surface area contributed by atoms with Gasteiger partial charge in [-0.05, 0) is 17.5 Å². The molecular weight excluding hydrogens is 228 g/mol. The second-order valence-electron chi connectivity index (χ2n) is 4.32. The zero-order chi connectivity index (χ0) is 12.8. The molecular formula is C14H18N2O2. The highest BCUT2D eigenvalue weighted by Crippen LogP contribution is 2.08. The largest absolute Gasteiger partial charge is 0.469 e. The van der Waals surface area contributed by atoms with Gasteiger partial charge < -0.3 is 10.1 Å². The van der Waals surface area contributed by atoms with Gasteiger partial charge in [0.25, 0.3) is 0 Å². The van der Waals surface area contributed by atoms with Gasteiger partial charge in [-0.2, -0.15) is 0 Å². The van der Waals surface area contributed by atoms with Gasteiger partial charge in [-0.3, -0.25) is 9.79 Å². The predicted octanol–water partition coefficient (Wildman–Crippen LogP) is 1.34. The summed E-state index contributed by atoms with van der Waals surface area (Å²) in [5.74, 6) is 0.904. The average Bonchev–Trinajstić information content (AvgIpc) is 2.90. The van der Waals surface area contributed by atoms with Crippen LogP contribution in [0.1, 0.15) is 17.5 Å². The Balaban J connectivity index is 1.86. The molecule has 0 fully saturated rings. The van der Waals surface area contributed by atoms with Crippen LogP contribution in [0.3, 0.4) is 0 Å². The van der Waals surface area contributed by atoms with Gasteiger partial charge in [0, 0.05) is 19.4 Å². The van der Waals surface area contributed by atoms with Gasteiger partial charge in [0.05, 0.1) is 13.7 Å². The van der Waals surface area contributed by atoms with Crippen LogP contribution in [0.4, 0.5) is 0 Å². The summed E-state index contributed by atoms with van der Waals surface area (Å²) in [4.78, 5) is 15.4. The molecule has 1 aliphatic rings. The number of amidine groups is 1. The first-order valence-corrected chi connectivity index (χ1v) is 6.20. The van der Waals surface area contributed by atoms with Crippen LogP contribution >= 0.6 is 0 Å². The topological polar surface area (TPSA) is 50.7 Å². The zero-order valence-corrected chi connectivity index (χ0v) is 10.6. The average molecular weight is 246 g/mol. The highest BCUT2D eigenvalue weighted by atomic mass is 16.5. The van der Waals surface area contributed by atoms with Crippen molar-refractivity contribution >= 4 is 11.8 Å². The van der Waals surface area contributed by atoms with Crippen LogP contribution in [0, 0.1) is 0 Å². The van der Waals surface area contributed by atoms with Crippen LogP contribution in [0.2, 0.25) is 0 Å². The lowest BCUT2D eigenvalue weighted by Crippen LogP contribution is -2.20. The Bertz CT molecular complexity index is 438. The molecule has 0 atom stereocenters.